The molecule has 0 aliphatic carbocycles. The number of ether oxygens (including phenoxy) is 2. The lowest BCUT2D eigenvalue weighted by molar-refractivity contribution is 0.0224. The molecule has 4 aromatic carbocycles. The molecule has 2 N–H and O–H groups in total. The number of benzene rings is 4. The maximum atomic E-state index is 13.1. The zero-order chi connectivity index (χ0) is 24.2. The van der Waals surface area contributed by atoms with Crippen molar-refractivity contribution >= 4 is 34.6 Å². The second kappa shape index (κ2) is 8.07. The van der Waals surface area contributed by atoms with E-state index < -0.39 is 5.60 Å². The standard InChI is InChI=1S/C29H23ClN2O3/c1-3-31-24-14-13-21-27(17(24)2)34-26-15-12-18(32-25-11-7-6-10-23(25)30)16-22(26)29(21)20-9-5-4-8-19(20)28(33)35-29/h4-16,31-32H,3H2,1-2H3. The molecule has 0 fully saturated rings. The minimum atomic E-state index is -1.12. The van der Waals surface area contributed by atoms with E-state index in [2.05, 4.69) is 17.6 Å². The molecule has 1 unspecified atom stereocenters. The highest BCUT2D eigenvalue weighted by molar-refractivity contribution is 6.33. The molecule has 6 heteroatoms. The Labute approximate surface area is 208 Å². The van der Waals surface area contributed by atoms with Crippen molar-refractivity contribution in [2.75, 3.05) is 17.2 Å². The topological polar surface area (TPSA) is 59.6 Å². The summed E-state index contributed by atoms with van der Waals surface area (Å²) in [6.07, 6.45) is 0. The summed E-state index contributed by atoms with van der Waals surface area (Å²) >= 11 is 6.39. The zero-order valence-corrected chi connectivity index (χ0v) is 20.1. The van der Waals surface area contributed by atoms with Gasteiger partial charge in [-0.2, -0.15) is 0 Å². The first-order valence-corrected chi connectivity index (χ1v) is 12.0. The Morgan fingerprint density at radius 1 is 0.886 bits per heavy atom. The second-order valence-electron chi connectivity index (χ2n) is 8.68. The van der Waals surface area contributed by atoms with Gasteiger partial charge in [0, 0.05) is 40.2 Å². The Morgan fingerprint density at radius 3 is 2.51 bits per heavy atom. The van der Waals surface area contributed by atoms with Gasteiger partial charge in [0.1, 0.15) is 11.5 Å². The number of para-hydroxylation sites is 1. The molecule has 174 valence electrons. The Hall–Kier alpha value is -3.96. The van der Waals surface area contributed by atoms with Gasteiger partial charge in [0.2, 0.25) is 0 Å². The van der Waals surface area contributed by atoms with Gasteiger partial charge in [0.15, 0.2) is 5.60 Å². The number of halogens is 1. The van der Waals surface area contributed by atoms with E-state index in [4.69, 9.17) is 21.1 Å². The Kier molecular flexibility index (Phi) is 4.97. The van der Waals surface area contributed by atoms with Crippen molar-refractivity contribution < 1.29 is 14.3 Å². The third-order valence-electron chi connectivity index (χ3n) is 6.65. The predicted octanol–water partition coefficient (Wildman–Crippen LogP) is 7.39. The van der Waals surface area contributed by atoms with Crippen LogP contribution in [-0.2, 0) is 10.3 Å². The minimum Gasteiger partial charge on any atom is -0.456 e. The third kappa shape index (κ3) is 3.19. The molecule has 5 nitrogen and oxygen atoms in total. The lowest BCUT2D eigenvalue weighted by Gasteiger charge is -2.37. The molecule has 1 spiro atoms. The van der Waals surface area contributed by atoms with Crippen LogP contribution in [0.2, 0.25) is 5.02 Å². The lowest BCUT2D eigenvalue weighted by Crippen LogP contribution is -2.33. The lowest BCUT2D eigenvalue weighted by atomic mass is 9.77. The van der Waals surface area contributed by atoms with Crippen molar-refractivity contribution in [1.29, 1.82) is 0 Å². The summed E-state index contributed by atoms with van der Waals surface area (Å²) in [5, 5.41) is 7.39. The summed E-state index contributed by atoms with van der Waals surface area (Å²) < 4.78 is 12.8. The van der Waals surface area contributed by atoms with Crippen LogP contribution in [0, 0.1) is 6.92 Å². The predicted molar refractivity (Wildman–Crippen MR) is 138 cm³/mol. The van der Waals surface area contributed by atoms with E-state index >= 15 is 0 Å². The van der Waals surface area contributed by atoms with Crippen LogP contribution in [0.15, 0.2) is 78.9 Å². The van der Waals surface area contributed by atoms with E-state index in [9.17, 15) is 4.79 Å². The van der Waals surface area contributed by atoms with Crippen molar-refractivity contribution in [3.05, 3.63) is 112 Å². The fourth-order valence-corrected chi connectivity index (χ4v) is 5.23. The largest absolute Gasteiger partial charge is 0.456 e. The molecule has 0 aromatic heterocycles. The second-order valence-corrected chi connectivity index (χ2v) is 9.09. The van der Waals surface area contributed by atoms with Crippen LogP contribution in [0.5, 0.6) is 11.5 Å². The summed E-state index contributed by atoms with van der Waals surface area (Å²) in [5.74, 6) is 0.994. The molecule has 35 heavy (non-hydrogen) atoms. The summed E-state index contributed by atoms with van der Waals surface area (Å²) in [6.45, 7) is 4.86. The van der Waals surface area contributed by atoms with Crippen molar-refractivity contribution in [1.82, 2.24) is 0 Å². The zero-order valence-electron chi connectivity index (χ0n) is 19.3. The number of hydrogen-bond acceptors (Lipinski definition) is 5. The third-order valence-corrected chi connectivity index (χ3v) is 6.98. The summed E-state index contributed by atoms with van der Waals surface area (Å²) in [7, 11) is 0. The highest BCUT2D eigenvalue weighted by Gasteiger charge is 2.53. The number of anilines is 3. The molecule has 2 heterocycles. The van der Waals surface area contributed by atoms with Crippen LogP contribution in [0.4, 0.5) is 17.1 Å². The van der Waals surface area contributed by atoms with Gasteiger partial charge in [-0.05, 0) is 62.4 Å². The van der Waals surface area contributed by atoms with E-state index in [-0.39, 0.29) is 5.97 Å². The highest BCUT2D eigenvalue weighted by Crippen LogP contribution is 2.57. The van der Waals surface area contributed by atoms with Gasteiger partial charge in [-0.25, -0.2) is 4.79 Å². The van der Waals surface area contributed by atoms with Gasteiger partial charge in [-0.3, -0.25) is 0 Å². The molecule has 0 bridgehead atoms. The monoisotopic (exact) mass is 482 g/mol. The van der Waals surface area contributed by atoms with E-state index in [1.807, 2.05) is 85.8 Å². The number of esters is 1. The molecule has 0 saturated carbocycles. The smallest absolute Gasteiger partial charge is 0.340 e. The number of carbonyl (C=O) groups excluding carboxylic acids is 1. The number of rotatable bonds is 4. The first kappa shape index (κ1) is 21.6. The van der Waals surface area contributed by atoms with Crippen LogP contribution in [0.25, 0.3) is 0 Å². The van der Waals surface area contributed by atoms with Crippen LogP contribution < -0.4 is 15.4 Å². The Balaban J connectivity index is 1.59. The number of fused-ring (bicyclic) bond motifs is 6. The van der Waals surface area contributed by atoms with E-state index in [0.717, 1.165) is 45.9 Å². The van der Waals surface area contributed by atoms with Crippen molar-refractivity contribution in [3.63, 3.8) is 0 Å². The number of hydrogen-bond donors (Lipinski definition) is 2. The molecular weight excluding hydrogens is 460 g/mol. The van der Waals surface area contributed by atoms with Gasteiger partial charge in [-0.15, -0.1) is 0 Å². The van der Waals surface area contributed by atoms with Crippen molar-refractivity contribution in [3.8, 4) is 11.5 Å². The number of nitrogens with one attached hydrogen (secondary N) is 2. The van der Waals surface area contributed by atoms with Crippen LogP contribution in [0.3, 0.4) is 0 Å². The number of carbonyl (C=O) groups is 1. The van der Waals surface area contributed by atoms with E-state index in [1.165, 1.54) is 0 Å². The van der Waals surface area contributed by atoms with Gasteiger partial charge in [0.25, 0.3) is 0 Å². The van der Waals surface area contributed by atoms with Gasteiger partial charge in [0.05, 0.1) is 16.3 Å². The maximum absolute atomic E-state index is 13.1. The summed E-state index contributed by atoms with van der Waals surface area (Å²) in [4.78, 5) is 13.1. The first-order chi connectivity index (χ1) is 17.0. The molecule has 0 radical (unpaired) electrons. The highest BCUT2D eigenvalue weighted by atomic mass is 35.5. The van der Waals surface area contributed by atoms with Gasteiger partial charge >= 0.3 is 5.97 Å². The Morgan fingerprint density at radius 2 is 1.69 bits per heavy atom. The minimum absolute atomic E-state index is 0.350. The Bertz CT molecular complexity index is 1500. The van der Waals surface area contributed by atoms with Crippen LogP contribution >= 0.6 is 11.6 Å². The maximum Gasteiger partial charge on any atom is 0.340 e. The van der Waals surface area contributed by atoms with Gasteiger partial charge < -0.3 is 20.1 Å². The average molecular weight is 483 g/mol. The van der Waals surface area contributed by atoms with Crippen LogP contribution in [0.1, 0.15) is 39.5 Å². The SMILES string of the molecule is CCNc1ccc2c(c1C)Oc1ccc(Nc3ccccc3Cl)cc1C21OC(=O)c2ccccc21. The van der Waals surface area contributed by atoms with E-state index in [1.54, 1.807) is 0 Å². The fourth-order valence-electron chi connectivity index (χ4n) is 5.04. The first-order valence-electron chi connectivity index (χ1n) is 11.6. The molecule has 1 atom stereocenters. The molecule has 6 rings (SSSR count). The average Bonchev–Trinajstić information content (AvgIpc) is 3.16. The molecule has 4 aromatic rings. The van der Waals surface area contributed by atoms with E-state index in [0.29, 0.717) is 22.1 Å². The van der Waals surface area contributed by atoms with Crippen molar-refractivity contribution in [2.45, 2.75) is 19.4 Å². The molecule has 0 amide bonds. The molecule has 2 aliphatic heterocycles. The fraction of sp³-hybridized carbons (Fsp3) is 0.138. The summed E-state index contributed by atoms with van der Waals surface area (Å²) in [6, 6.07) is 25.0. The molecular formula is C29H23ClN2O3. The quantitative estimate of drug-likeness (QED) is 0.297. The molecule has 0 saturated heterocycles. The normalized spacial score (nSPS) is 17.2. The van der Waals surface area contributed by atoms with Crippen LogP contribution in [-0.4, -0.2) is 12.5 Å². The van der Waals surface area contributed by atoms with Gasteiger partial charge in [-0.1, -0.05) is 41.9 Å². The summed E-state index contributed by atoms with van der Waals surface area (Å²) in [5.41, 5.74) is 5.36. The van der Waals surface area contributed by atoms with Crippen molar-refractivity contribution in [2.24, 2.45) is 0 Å². The molecule has 2 aliphatic rings.